The Morgan fingerprint density at radius 3 is 1.34 bits per heavy atom. The molecule has 1 aromatic carbocycles. The molecule has 1 fully saturated rings. The number of piperidine rings is 1. The van der Waals surface area contributed by atoms with Crippen LogP contribution in [0.25, 0.3) is 0 Å². The van der Waals surface area contributed by atoms with Gasteiger partial charge in [-0.05, 0) is 166 Å². The smallest absolute Gasteiger partial charge is 0.305 e. The molecule has 65 heavy (non-hydrogen) atoms. The Morgan fingerprint density at radius 1 is 0.462 bits per heavy atom. The monoisotopic (exact) mass is 904 g/mol. The highest BCUT2D eigenvalue weighted by Gasteiger charge is 2.11. The van der Waals surface area contributed by atoms with Gasteiger partial charge in [-0.2, -0.15) is 0 Å². The van der Waals surface area contributed by atoms with Crippen molar-refractivity contribution in [2.45, 2.75) is 226 Å². The number of allylic oxidation sites excluding steroid dienone is 8. The third-order valence-electron chi connectivity index (χ3n) is 12.1. The molecule has 0 bridgehead atoms. The Bertz CT molecular complexity index is 1290. The number of hydrogen-bond donors (Lipinski definition) is 0. The van der Waals surface area contributed by atoms with Gasteiger partial charge in [0.25, 0.3) is 0 Å². The predicted octanol–water partition coefficient (Wildman–Crippen LogP) is 16.1. The van der Waals surface area contributed by atoms with Crippen LogP contribution < -0.4 is 9.47 Å². The van der Waals surface area contributed by atoms with E-state index in [1.807, 2.05) is 6.07 Å². The van der Waals surface area contributed by atoms with E-state index in [9.17, 15) is 9.59 Å². The lowest BCUT2D eigenvalue weighted by Gasteiger charge is -2.26. The van der Waals surface area contributed by atoms with E-state index in [1.165, 1.54) is 128 Å². The van der Waals surface area contributed by atoms with Crippen molar-refractivity contribution in [1.82, 2.24) is 4.90 Å². The van der Waals surface area contributed by atoms with Crippen LogP contribution in [0.4, 0.5) is 0 Å². The molecule has 0 amide bonds. The number of nitrogens with zero attached hydrogens (tertiary/aromatic N) is 1. The Balaban J connectivity index is 1.55. The molecule has 0 aliphatic carbocycles. The molecule has 0 radical (unpaired) electrons. The molecule has 1 saturated heterocycles. The second kappa shape index (κ2) is 44.5. The summed E-state index contributed by atoms with van der Waals surface area (Å²) in [5, 5.41) is 0. The molecule has 0 spiro atoms. The summed E-state index contributed by atoms with van der Waals surface area (Å²) in [6, 6.07) is 6.30. The minimum absolute atomic E-state index is 0.0822. The van der Waals surface area contributed by atoms with Crippen LogP contribution in [0.3, 0.4) is 0 Å². The van der Waals surface area contributed by atoms with Crippen LogP contribution >= 0.6 is 0 Å². The third kappa shape index (κ3) is 37.5. The number of unbranched alkanes of at least 4 members (excludes halogenated alkanes) is 18. The molecule has 370 valence electrons. The molecular formula is C58H97NO6. The number of carbonyl (C=O) groups is 2. The molecule has 0 unspecified atom stereocenters. The maximum absolute atomic E-state index is 12.3. The SMILES string of the molecule is CCCCC/C=C\C/C=C\CCCCCCCC(=O)OCCCCOc1cc(CCCN2CCCCC2)cc(OCCCCOC(=O)CCCCCCC/C=C\C/C=C\CCCCC)c1. The molecule has 0 saturated carbocycles. The Labute approximate surface area is 399 Å². The zero-order valence-electron chi connectivity index (χ0n) is 42.0. The maximum atomic E-state index is 12.3. The predicted molar refractivity (Wildman–Crippen MR) is 275 cm³/mol. The number of esters is 2. The fourth-order valence-electron chi connectivity index (χ4n) is 8.10. The van der Waals surface area contributed by atoms with Gasteiger partial charge in [-0.25, -0.2) is 0 Å². The lowest BCUT2D eigenvalue weighted by atomic mass is 10.1. The average molecular weight is 904 g/mol. The fourth-order valence-corrected chi connectivity index (χ4v) is 8.10. The highest BCUT2D eigenvalue weighted by molar-refractivity contribution is 5.69. The van der Waals surface area contributed by atoms with Gasteiger partial charge in [0.15, 0.2) is 0 Å². The van der Waals surface area contributed by atoms with Crippen molar-refractivity contribution in [3.8, 4) is 11.5 Å². The third-order valence-corrected chi connectivity index (χ3v) is 12.1. The minimum atomic E-state index is -0.0822. The van der Waals surface area contributed by atoms with Gasteiger partial charge in [-0.15, -0.1) is 0 Å². The zero-order chi connectivity index (χ0) is 46.4. The van der Waals surface area contributed by atoms with Crippen LogP contribution in [-0.2, 0) is 25.5 Å². The first-order valence-corrected chi connectivity index (χ1v) is 27.1. The number of carbonyl (C=O) groups excluding carboxylic acids is 2. The summed E-state index contributed by atoms with van der Waals surface area (Å²) in [5.41, 5.74) is 1.24. The molecule has 7 nitrogen and oxygen atoms in total. The summed E-state index contributed by atoms with van der Waals surface area (Å²) >= 11 is 0. The second-order valence-electron chi connectivity index (χ2n) is 18.3. The Hall–Kier alpha value is -3.32. The van der Waals surface area contributed by atoms with Crippen LogP contribution in [0.5, 0.6) is 11.5 Å². The van der Waals surface area contributed by atoms with Crippen molar-refractivity contribution in [3.63, 3.8) is 0 Å². The Morgan fingerprint density at radius 2 is 0.877 bits per heavy atom. The summed E-state index contributed by atoms with van der Waals surface area (Å²) in [6.07, 6.45) is 54.6. The summed E-state index contributed by atoms with van der Waals surface area (Å²) < 4.78 is 23.5. The Kier molecular flexibility index (Phi) is 39.6. The van der Waals surface area contributed by atoms with E-state index in [2.05, 4.69) is 79.5 Å². The highest BCUT2D eigenvalue weighted by atomic mass is 16.5. The minimum Gasteiger partial charge on any atom is -0.493 e. The van der Waals surface area contributed by atoms with Gasteiger partial charge in [0.1, 0.15) is 11.5 Å². The summed E-state index contributed by atoms with van der Waals surface area (Å²) in [4.78, 5) is 27.2. The summed E-state index contributed by atoms with van der Waals surface area (Å²) in [7, 11) is 0. The van der Waals surface area contributed by atoms with Crippen molar-refractivity contribution >= 4 is 11.9 Å². The molecule has 7 heteroatoms. The quantitative estimate of drug-likeness (QED) is 0.0367. The first kappa shape index (κ1) is 57.8. The molecule has 0 atom stereocenters. The fraction of sp³-hybridized carbons (Fsp3) is 0.724. The second-order valence-corrected chi connectivity index (χ2v) is 18.3. The van der Waals surface area contributed by atoms with Gasteiger partial charge in [0.05, 0.1) is 26.4 Å². The van der Waals surface area contributed by atoms with Crippen molar-refractivity contribution in [2.24, 2.45) is 0 Å². The van der Waals surface area contributed by atoms with Gasteiger partial charge < -0.3 is 23.8 Å². The normalized spacial score (nSPS) is 13.5. The zero-order valence-corrected chi connectivity index (χ0v) is 42.0. The van der Waals surface area contributed by atoms with Crippen molar-refractivity contribution in [3.05, 3.63) is 72.4 Å². The molecule has 1 aliphatic heterocycles. The van der Waals surface area contributed by atoms with Crippen LogP contribution in [0, 0.1) is 0 Å². The van der Waals surface area contributed by atoms with Crippen LogP contribution in [0.1, 0.15) is 225 Å². The average Bonchev–Trinajstić information content (AvgIpc) is 3.31. The molecule has 0 N–H and O–H groups in total. The number of benzene rings is 1. The lowest BCUT2D eigenvalue weighted by Crippen LogP contribution is -2.30. The standard InChI is InChI=1S/C58H97NO6/c1-3-5-7-9-11-13-15-17-19-21-23-25-27-29-32-42-57(60)64-49-38-36-47-62-55-51-54(41-40-46-59-44-34-31-35-45-59)52-56(53-55)63-48-37-39-50-65-58(61)43-33-30-28-26-24-22-20-18-16-14-12-10-8-6-4-2/h11-14,17-20,51-53H,3-10,15-16,21-50H2,1-2H3/b13-11-,14-12-,19-17-,20-18-. The summed E-state index contributed by atoms with van der Waals surface area (Å²) in [6.45, 7) is 10.1. The molecule has 0 aromatic heterocycles. The number of aryl methyl sites for hydroxylation is 1. The molecule has 1 aromatic rings. The highest BCUT2D eigenvalue weighted by Crippen LogP contribution is 2.25. The van der Waals surface area contributed by atoms with Crippen molar-refractivity contribution in [2.75, 3.05) is 46.1 Å². The topological polar surface area (TPSA) is 74.3 Å². The molecular weight excluding hydrogens is 807 g/mol. The van der Waals surface area contributed by atoms with Gasteiger partial charge >= 0.3 is 11.9 Å². The van der Waals surface area contributed by atoms with Crippen LogP contribution in [-0.4, -0.2) is 62.9 Å². The number of ether oxygens (including phenoxy) is 4. The van der Waals surface area contributed by atoms with Crippen molar-refractivity contribution in [1.29, 1.82) is 0 Å². The van der Waals surface area contributed by atoms with E-state index in [4.69, 9.17) is 18.9 Å². The van der Waals surface area contributed by atoms with E-state index >= 15 is 0 Å². The number of rotatable bonds is 44. The van der Waals surface area contributed by atoms with Crippen LogP contribution in [0.2, 0.25) is 0 Å². The van der Waals surface area contributed by atoms with E-state index in [0.29, 0.717) is 39.3 Å². The van der Waals surface area contributed by atoms with Gasteiger partial charge in [0.2, 0.25) is 0 Å². The maximum Gasteiger partial charge on any atom is 0.305 e. The van der Waals surface area contributed by atoms with Gasteiger partial charge in [-0.1, -0.05) is 133 Å². The summed E-state index contributed by atoms with van der Waals surface area (Å²) in [5.74, 6) is 1.49. The molecule has 1 aliphatic rings. The van der Waals surface area contributed by atoms with E-state index < -0.39 is 0 Å². The van der Waals surface area contributed by atoms with E-state index in [-0.39, 0.29) is 11.9 Å². The molecule has 1 heterocycles. The first-order valence-electron chi connectivity index (χ1n) is 27.1. The van der Waals surface area contributed by atoms with E-state index in [1.54, 1.807) is 0 Å². The first-order chi connectivity index (χ1) is 32.1. The van der Waals surface area contributed by atoms with Gasteiger partial charge in [-0.3, -0.25) is 9.59 Å². The van der Waals surface area contributed by atoms with Crippen molar-refractivity contribution < 1.29 is 28.5 Å². The van der Waals surface area contributed by atoms with E-state index in [0.717, 1.165) is 108 Å². The number of likely N-dealkylation sites (tertiary alicyclic amines) is 1. The van der Waals surface area contributed by atoms with Gasteiger partial charge in [0, 0.05) is 18.9 Å². The number of hydrogen-bond acceptors (Lipinski definition) is 7. The van der Waals surface area contributed by atoms with Crippen LogP contribution in [0.15, 0.2) is 66.8 Å². The molecule has 2 rings (SSSR count). The lowest BCUT2D eigenvalue weighted by molar-refractivity contribution is -0.144. The largest absolute Gasteiger partial charge is 0.493 e.